The number of amides is 1. The van der Waals surface area contributed by atoms with E-state index >= 15 is 0 Å². The third kappa shape index (κ3) is 4.45. The van der Waals surface area contributed by atoms with Crippen LogP contribution in [-0.2, 0) is 4.79 Å². The van der Waals surface area contributed by atoms with Crippen LogP contribution in [0.15, 0.2) is 54.2 Å². The average molecular weight is 388 g/mol. The maximum Gasteiger partial charge on any atom is 0.266 e. The van der Waals surface area contributed by atoms with E-state index in [1.54, 1.807) is 31.5 Å². The summed E-state index contributed by atoms with van der Waals surface area (Å²) in [5.74, 6) is 0.475. The van der Waals surface area contributed by atoms with E-state index in [-0.39, 0.29) is 5.57 Å². The highest BCUT2D eigenvalue weighted by atomic mass is 16.5. The van der Waals surface area contributed by atoms with E-state index in [1.807, 2.05) is 37.3 Å². The molecule has 0 saturated heterocycles. The molecular formula is C22H20N4O3. The molecule has 0 unspecified atom stereocenters. The van der Waals surface area contributed by atoms with Crippen molar-refractivity contribution in [2.24, 2.45) is 0 Å². The Morgan fingerprint density at radius 2 is 1.93 bits per heavy atom. The van der Waals surface area contributed by atoms with Gasteiger partial charge in [-0.15, -0.1) is 0 Å². The van der Waals surface area contributed by atoms with Crippen LogP contribution in [0.2, 0.25) is 0 Å². The van der Waals surface area contributed by atoms with Gasteiger partial charge < -0.3 is 14.8 Å². The standard InChI is InChI=1S/C22H20N4O3/c1-14-4-6-15(7-5-14)21-17(13-24-26-21)10-16(12-23)22(27)25-19-9-8-18(28-2)11-20(19)29-3/h4-11,13H,1-3H3,(H,24,26)(H,25,27)/b16-10+. The van der Waals surface area contributed by atoms with Crippen molar-refractivity contribution in [3.63, 3.8) is 0 Å². The van der Waals surface area contributed by atoms with Crippen LogP contribution in [0, 0.1) is 18.3 Å². The van der Waals surface area contributed by atoms with Crippen molar-refractivity contribution in [2.75, 3.05) is 19.5 Å². The van der Waals surface area contributed by atoms with E-state index in [9.17, 15) is 10.1 Å². The minimum Gasteiger partial charge on any atom is -0.497 e. The van der Waals surface area contributed by atoms with Gasteiger partial charge in [-0.25, -0.2) is 0 Å². The number of anilines is 1. The second-order valence-corrected chi connectivity index (χ2v) is 6.26. The highest BCUT2D eigenvalue weighted by Gasteiger charge is 2.15. The van der Waals surface area contributed by atoms with Gasteiger partial charge in [0.05, 0.1) is 31.8 Å². The van der Waals surface area contributed by atoms with Crippen molar-refractivity contribution < 1.29 is 14.3 Å². The quantitative estimate of drug-likeness (QED) is 0.492. The molecule has 7 heteroatoms. The lowest BCUT2D eigenvalue weighted by molar-refractivity contribution is -0.112. The smallest absolute Gasteiger partial charge is 0.266 e. The van der Waals surface area contributed by atoms with Crippen molar-refractivity contribution in [3.05, 3.63) is 65.4 Å². The van der Waals surface area contributed by atoms with E-state index < -0.39 is 5.91 Å². The number of hydrogen-bond acceptors (Lipinski definition) is 5. The molecule has 0 aliphatic heterocycles. The zero-order valence-electron chi connectivity index (χ0n) is 16.3. The van der Waals surface area contributed by atoms with E-state index in [0.717, 1.165) is 16.8 Å². The first-order valence-electron chi connectivity index (χ1n) is 8.81. The SMILES string of the molecule is COc1ccc(NC(=O)/C(C#N)=C/c2cn[nH]c2-c2ccc(C)cc2)c(OC)c1. The fourth-order valence-corrected chi connectivity index (χ4v) is 2.75. The van der Waals surface area contributed by atoms with Gasteiger partial charge in [-0.1, -0.05) is 29.8 Å². The number of H-pyrrole nitrogens is 1. The largest absolute Gasteiger partial charge is 0.497 e. The number of nitriles is 1. The van der Waals surface area contributed by atoms with Gasteiger partial charge in [0.15, 0.2) is 0 Å². The summed E-state index contributed by atoms with van der Waals surface area (Å²) < 4.78 is 10.4. The molecule has 0 fully saturated rings. The van der Waals surface area contributed by atoms with Gasteiger partial charge >= 0.3 is 0 Å². The maximum atomic E-state index is 12.7. The second kappa shape index (κ2) is 8.76. The van der Waals surface area contributed by atoms with Crippen molar-refractivity contribution in [1.29, 1.82) is 5.26 Å². The summed E-state index contributed by atoms with van der Waals surface area (Å²) in [6.07, 6.45) is 3.08. The highest BCUT2D eigenvalue weighted by molar-refractivity contribution is 6.10. The van der Waals surface area contributed by atoms with Gasteiger partial charge in [-0.2, -0.15) is 10.4 Å². The molecule has 2 N–H and O–H groups in total. The molecule has 0 aliphatic rings. The number of ether oxygens (including phenoxy) is 2. The van der Waals surface area contributed by atoms with E-state index in [0.29, 0.717) is 22.7 Å². The van der Waals surface area contributed by atoms with Crippen molar-refractivity contribution in [3.8, 4) is 28.8 Å². The summed E-state index contributed by atoms with van der Waals surface area (Å²) in [6.45, 7) is 2.00. The molecule has 0 radical (unpaired) electrons. The Morgan fingerprint density at radius 1 is 1.17 bits per heavy atom. The van der Waals surface area contributed by atoms with Crippen molar-refractivity contribution in [1.82, 2.24) is 10.2 Å². The number of benzene rings is 2. The van der Waals surface area contributed by atoms with Crippen LogP contribution < -0.4 is 14.8 Å². The van der Waals surface area contributed by atoms with Crippen LogP contribution in [0.4, 0.5) is 5.69 Å². The first kappa shape index (κ1) is 19.7. The van der Waals surface area contributed by atoms with Crippen LogP contribution in [0.25, 0.3) is 17.3 Å². The van der Waals surface area contributed by atoms with Crippen molar-refractivity contribution >= 4 is 17.7 Å². The highest BCUT2D eigenvalue weighted by Crippen LogP contribution is 2.30. The van der Waals surface area contributed by atoms with Crippen molar-refractivity contribution in [2.45, 2.75) is 6.92 Å². The molecular weight excluding hydrogens is 368 g/mol. The van der Waals surface area contributed by atoms with Gasteiger partial charge in [0.25, 0.3) is 5.91 Å². The number of carbonyl (C=O) groups excluding carboxylic acids is 1. The summed E-state index contributed by atoms with van der Waals surface area (Å²) in [6, 6.07) is 14.8. The number of hydrogen-bond donors (Lipinski definition) is 2. The fourth-order valence-electron chi connectivity index (χ4n) is 2.75. The molecule has 0 atom stereocenters. The maximum absolute atomic E-state index is 12.7. The lowest BCUT2D eigenvalue weighted by atomic mass is 10.0. The number of nitrogens with one attached hydrogen (secondary N) is 2. The molecule has 1 aromatic heterocycles. The molecule has 0 spiro atoms. The molecule has 2 aromatic carbocycles. The van der Waals surface area contributed by atoms with Gasteiger partial charge in [0.1, 0.15) is 23.1 Å². The molecule has 3 aromatic rings. The number of aryl methyl sites for hydroxylation is 1. The zero-order valence-corrected chi connectivity index (χ0v) is 16.3. The number of carbonyl (C=O) groups is 1. The first-order valence-corrected chi connectivity index (χ1v) is 8.81. The summed E-state index contributed by atoms with van der Waals surface area (Å²) in [7, 11) is 3.03. The summed E-state index contributed by atoms with van der Waals surface area (Å²) in [5, 5.41) is 19.2. The molecule has 1 heterocycles. The zero-order chi connectivity index (χ0) is 20.8. The third-order valence-electron chi connectivity index (χ3n) is 4.33. The lowest BCUT2D eigenvalue weighted by Crippen LogP contribution is -2.14. The Bertz CT molecular complexity index is 1090. The predicted molar refractivity (Wildman–Crippen MR) is 111 cm³/mol. The molecule has 1 amide bonds. The van der Waals surface area contributed by atoms with Gasteiger partial charge in [-0.05, 0) is 25.1 Å². The Kier molecular flexibility index (Phi) is 5.95. The number of rotatable bonds is 6. The Labute approximate surface area is 168 Å². The van der Waals surface area contributed by atoms with Crippen LogP contribution in [0.5, 0.6) is 11.5 Å². The van der Waals surface area contributed by atoms with Crippen LogP contribution in [0.1, 0.15) is 11.1 Å². The van der Waals surface area contributed by atoms with E-state index in [4.69, 9.17) is 9.47 Å². The lowest BCUT2D eigenvalue weighted by Gasteiger charge is -2.11. The molecule has 146 valence electrons. The number of methoxy groups -OCH3 is 2. The molecule has 29 heavy (non-hydrogen) atoms. The Balaban J connectivity index is 1.88. The van der Waals surface area contributed by atoms with Crippen LogP contribution in [-0.4, -0.2) is 30.3 Å². The summed E-state index contributed by atoms with van der Waals surface area (Å²) in [5.41, 5.74) is 3.79. The molecule has 0 saturated carbocycles. The molecule has 7 nitrogen and oxygen atoms in total. The number of nitrogens with zero attached hydrogens (tertiary/aromatic N) is 2. The van der Waals surface area contributed by atoms with E-state index in [1.165, 1.54) is 13.2 Å². The van der Waals surface area contributed by atoms with Gasteiger partial charge in [0.2, 0.25) is 0 Å². The Morgan fingerprint density at radius 3 is 2.59 bits per heavy atom. The van der Waals surface area contributed by atoms with E-state index in [2.05, 4.69) is 15.5 Å². The summed E-state index contributed by atoms with van der Waals surface area (Å²) in [4.78, 5) is 12.7. The van der Waals surface area contributed by atoms with Gasteiger partial charge in [-0.3, -0.25) is 9.89 Å². The van der Waals surface area contributed by atoms with Gasteiger partial charge in [0, 0.05) is 17.2 Å². The second-order valence-electron chi connectivity index (χ2n) is 6.26. The molecule has 0 aliphatic carbocycles. The fraction of sp³-hybridized carbons (Fsp3) is 0.136. The van der Waals surface area contributed by atoms with Crippen LogP contribution >= 0.6 is 0 Å². The predicted octanol–water partition coefficient (Wildman–Crippen LogP) is 3.95. The monoisotopic (exact) mass is 388 g/mol. The topological polar surface area (TPSA) is 100 Å². The minimum atomic E-state index is -0.549. The first-order chi connectivity index (χ1) is 14.0. The number of aromatic nitrogens is 2. The Hall–Kier alpha value is -4.05. The summed E-state index contributed by atoms with van der Waals surface area (Å²) >= 11 is 0. The molecule has 0 bridgehead atoms. The molecule has 3 rings (SSSR count). The normalized spacial score (nSPS) is 10.9. The minimum absolute atomic E-state index is 0.0577. The third-order valence-corrected chi connectivity index (χ3v) is 4.33. The average Bonchev–Trinajstić information content (AvgIpc) is 3.20. The van der Waals surface area contributed by atoms with Crippen LogP contribution in [0.3, 0.4) is 0 Å². The number of aromatic amines is 1.